The molecule has 4 nitrogen and oxygen atoms in total. The van der Waals surface area contributed by atoms with E-state index in [0.29, 0.717) is 19.7 Å². The molecule has 1 aromatic carbocycles. The minimum absolute atomic E-state index is 0.0674. The molecule has 2 rings (SSSR count). The number of nitrogens with two attached hydrogens (primary N) is 1. The van der Waals surface area contributed by atoms with Gasteiger partial charge in [0, 0.05) is 6.54 Å². The monoisotopic (exact) mass is 248 g/mol. The first-order valence-corrected chi connectivity index (χ1v) is 6.34. The SMILES string of the molecule is Cc1cccc(OCCNC(=O)C2(CN)CC2)c1. The van der Waals surface area contributed by atoms with E-state index in [1.165, 1.54) is 0 Å². The molecule has 0 unspecified atom stereocenters. The molecule has 98 valence electrons. The highest BCUT2D eigenvalue weighted by Crippen LogP contribution is 2.44. The molecular weight excluding hydrogens is 228 g/mol. The van der Waals surface area contributed by atoms with E-state index < -0.39 is 0 Å². The summed E-state index contributed by atoms with van der Waals surface area (Å²) in [6.07, 6.45) is 1.82. The van der Waals surface area contributed by atoms with Crippen LogP contribution in [0.25, 0.3) is 0 Å². The Morgan fingerprint density at radius 2 is 2.28 bits per heavy atom. The Morgan fingerprint density at radius 1 is 1.50 bits per heavy atom. The summed E-state index contributed by atoms with van der Waals surface area (Å²) < 4.78 is 5.56. The molecule has 0 spiro atoms. The van der Waals surface area contributed by atoms with Gasteiger partial charge >= 0.3 is 0 Å². The zero-order valence-electron chi connectivity index (χ0n) is 10.7. The number of nitrogens with one attached hydrogen (secondary N) is 1. The van der Waals surface area contributed by atoms with Crippen LogP contribution in [0.1, 0.15) is 18.4 Å². The second-order valence-electron chi connectivity index (χ2n) is 4.91. The third-order valence-electron chi connectivity index (χ3n) is 3.37. The summed E-state index contributed by atoms with van der Waals surface area (Å²) in [5.74, 6) is 0.905. The van der Waals surface area contributed by atoms with Gasteiger partial charge in [-0.2, -0.15) is 0 Å². The molecule has 18 heavy (non-hydrogen) atoms. The molecule has 0 heterocycles. The Hall–Kier alpha value is -1.55. The van der Waals surface area contributed by atoms with Crippen LogP contribution in [-0.4, -0.2) is 25.6 Å². The molecule has 0 saturated heterocycles. The molecule has 4 heteroatoms. The fraction of sp³-hybridized carbons (Fsp3) is 0.500. The Bertz CT molecular complexity index is 428. The number of aryl methyl sites for hydroxylation is 1. The van der Waals surface area contributed by atoms with E-state index in [0.717, 1.165) is 24.2 Å². The number of ether oxygens (including phenoxy) is 1. The van der Waals surface area contributed by atoms with Crippen molar-refractivity contribution in [2.24, 2.45) is 11.1 Å². The first-order chi connectivity index (χ1) is 8.66. The lowest BCUT2D eigenvalue weighted by Crippen LogP contribution is -2.38. The normalized spacial score (nSPS) is 16.1. The number of benzene rings is 1. The number of hydrogen-bond donors (Lipinski definition) is 2. The van der Waals surface area contributed by atoms with Crippen molar-refractivity contribution in [3.8, 4) is 5.75 Å². The summed E-state index contributed by atoms with van der Waals surface area (Å²) in [5.41, 5.74) is 6.48. The standard InChI is InChI=1S/C14H20N2O2/c1-11-3-2-4-12(9-11)18-8-7-16-13(17)14(10-15)5-6-14/h2-4,9H,5-8,10,15H2,1H3,(H,16,17). The summed E-state index contributed by atoms with van der Waals surface area (Å²) >= 11 is 0. The van der Waals surface area contributed by atoms with E-state index in [2.05, 4.69) is 5.32 Å². The van der Waals surface area contributed by atoms with Crippen LogP contribution < -0.4 is 15.8 Å². The third-order valence-corrected chi connectivity index (χ3v) is 3.37. The maximum absolute atomic E-state index is 11.8. The van der Waals surface area contributed by atoms with Crippen molar-refractivity contribution in [1.82, 2.24) is 5.32 Å². The van der Waals surface area contributed by atoms with Gasteiger partial charge < -0.3 is 15.8 Å². The summed E-state index contributed by atoms with van der Waals surface area (Å²) in [6, 6.07) is 7.87. The molecule has 0 aromatic heterocycles. The molecule has 1 amide bonds. The maximum Gasteiger partial charge on any atom is 0.227 e. The molecule has 1 aliphatic rings. The van der Waals surface area contributed by atoms with E-state index in [1.807, 2.05) is 31.2 Å². The van der Waals surface area contributed by atoms with Crippen molar-refractivity contribution in [3.63, 3.8) is 0 Å². The van der Waals surface area contributed by atoms with Gasteiger partial charge in [0.05, 0.1) is 12.0 Å². The average molecular weight is 248 g/mol. The predicted octanol–water partition coefficient (Wildman–Crippen LogP) is 1.23. The van der Waals surface area contributed by atoms with Gasteiger partial charge in [0.25, 0.3) is 0 Å². The van der Waals surface area contributed by atoms with Crippen molar-refractivity contribution < 1.29 is 9.53 Å². The van der Waals surface area contributed by atoms with Gasteiger partial charge in [-0.05, 0) is 37.5 Å². The van der Waals surface area contributed by atoms with E-state index in [-0.39, 0.29) is 11.3 Å². The van der Waals surface area contributed by atoms with Crippen LogP contribution >= 0.6 is 0 Å². The largest absolute Gasteiger partial charge is 0.492 e. The van der Waals surface area contributed by atoms with Crippen molar-refractivity contribution in [2.45, 2.75) is 19.8 Å². The van der Waals surface area contributed by atoms with Crippen LogP contribution in [-0.2, 0) is 4.79 Å². The topological polar surface area (TPSA) is 64.3 Å². The minimum atomic E-state index is -0.274. The average Bonchev–Trinajstić information content (AvgIpc) is 3.15. The lowest BCUT2D eigenvalue weighted by Gasteiger charge is -2.13. The highest BCUT2D eigenvalue weighted by atomic mass is 16.5. The van der Waals surface area contributed by atoms with Gasteiger partial charge in [-0.15, -0.1) is 0 Å². The summed E-state index contributed by atoms with van der Waals surface area (Å²) in [5, 5.41) is 2.88. The quantitative estimate of drug-likeness (QED) is 0.744. The molecule has 0 atom stereocenters. The van der Waals surface area contributed by atoms with Crippen molar-refractivity contribution in [1.29, 1.82) is 0 Å². The first-order valence-electron chi connectivity index (χ1n) is 6.34. The van der Waals surface area contributed by atoms with Gasteiger partial charge in [-0.1, -0.05) is 12.1 Å². The Balaban J connectivity index is 1.69. The fourth-order valence-electron chi connectivity index (χ4n) is 1.90. The molecule has 1 aromatic rings. The molecular formula is C14H20N2O2. The van der Waals surface area contributed by atoms with E-state index >= 15 is 0 Å². The maximum atomic E-state index is 11.8. The second kappa shape index (κ2) is 5.40. The van der Waals surface area contributed by atoms with E-state index in [9.17, 15) is 4.79 Å². The number of carbonyl (C=O) groups is 1. The van der Waals surface area contributed by atoms with Gasteiger partial charge in [-0.25, -0.2) is 0 Å². The Morgan fingerprint density at radius 3 is 2.89 bits per heavy atom. The van der Waals surface area contributed by atoms with Crippen LogP contribution in [0.5, 0.6) is 5.75 Å². The lowest BCUT2D eigenvalue weighted by atomic mass is 10.1. The molecule has 1 aliphatic carbocycles. The van der Waals surface area contributed by atoms with Crippen LogP contribution in [0.2, 0.25) is 0 Å². The number of hydrogen-bond acceptors (Lipinski definition) is 3. The van der Waals surface area contributed by atoms with Crippen molar-refractivity contribution >= 4 is 5.91 Å². The smallest absolute Gasteiger partial charge is 0.227 e. The van der Waals surface area contributed by atoms with E-state index in [1.54, 1.807) is 0 Å². The molecule has 0 bridgehead atoms. The van der Waals surface area contributed by atoms with Gasteiger partial charge in [0.15, 0.2) is 0 Å². The second-order valence-corrected chi connectivity index (χ2v) is 4.91. The molecule has 0 radical (unpaired) electrons. The highest BCUT2D eigenvalue weighted by Gasteiger charge is 2.48. The van der Waals surface area contributed by atoms with Crippen LogP contribution in [0, 0.1) is 12.3 Å². The predicted molar refractivity (Wildman–Crippen MR) is 70.4 cm³/mol. The highest BCUT2D eigenvalue weighted by molar-refractivity contribution is 5.85. The third kappa shape index (κ3) is 3.01. The summed E-state index contributed by atoms with van der Waals surface area (Å²) in [7, 11) is 0. The van der Waals surface area contributed by atoms with Gasteiger partial charge in [-0.3, -0.25) is 4.79 Å². The van der Waals surface area contributed by atoms with E-state index in [4.69, 9.17) is 10.5 Å². The Labute approximate surface area is 108 Å². The van der Waals surface area contributed by atoms with Crippen molar-refractivity contribution in [2.75, 3.05) is 19.7 Å². The zero-order valence-corrected chi connectivity index (χ0v) is 10.7. The Kier molecular flexibility index (Phi) is 3.87. The first kappa shape index (κ1) is 12.9. The van der Waals surface area contributed by atoms with Crippen LogP contribution in [0.15, 0.2) is 24.3 Å². The van der Waals surface area contributed by atoms with Crippen LogP contribution in [0.4, 0.5) is 0 Å². The molecule has 1 saturated carbocycles. The molecule has 1 fully saturated rings. The number of carbonyl (C=O) groups excluding carboxylic acids is 1. The van der Waals surface area contributed by atoms with Gasteiger partial charge in [0.1, 0.15) is 12.4 Å². The fourth-order valence-corrected chi connectivity index (χ4v) is 1.90. The molecule has 0 aliphatic heterocycles. The van der Waals surface area contributed by atoms with Gasteiger partial charge in [0.2, 0.25) is 5.91 Å². The lowest BCUT2D eigenvalue weighted by molar-refractivity contribution is -0.126. The van der Waals surface area contributed by atoms with Crippen LogP contribution in [0.3, 0.4) is 0 Å². The number of amides is 1. The number of rotatable bonds is 6. The van der Waals surface area contributed by atoms with Crippen molar-refractivity contribution in [3.05, 3.63) is 29.8 Å². The summed E-state index contributed by atoms with van der Waals surface area (Å²) in [4.78, 5) is 11.8. The summed E-state index contributed by atoms with van der Waals surface area (Å²) in [6.45, 7) is 3.47. The zero-order chi connectivity index (χ0) is 13.0. The minimum Gasteiger partial charge on any atom is -0.492 e. The molecule has 3 N–H and O–H groups in total.